The lowest BCUT2D eigenvalue weighted by atomic mass is 9.74. The molecule has 2 atom stereocenters. The molecule has 0 radical (unpaired) electrons. The summed E-state index contributed by atoms with van der Waals surface area (Å²) in [6, 6.07) is 1.40. The van der Waals surface area contributed by atoms with Crippen LogP contribution in [0.1, 0.15) is 17.0 Å². The molecule has 0 bridgehead atoms. The molecule has 0 aliphatic carbocycles. The summed E-state index contributed by atoms with van der Waals surface area (Å²) in [5.41, 5.74) is -0.919. The first kappa shape index (κ1) is 13.9. The summed E-state index contributed by atoms with van der Waals surface area (Å²) in [7, 11) is 1.42. The maximum Gasteiger partial charge on any atom is 0.311 e. The van der Waals surface area contributed by atoms with Crippen LogP contribution in [0.2, 0.25) is 0 Å². The highest BCUT2D eigenvalue weighted by molar-refractivity contribution is 5.92. The number of likely N-dealkylation sites (tertiary alicyclic amines) is 1. The average Bonchev–Trinajstić information content (AvgIpc) is 3.11. The molecule has 0 spiro atoms. The normalized spacial score (nSPS) is 28.2. The maximum atomic E-state index is 12.4. The van der Waals surface area contributed by atoms with Crippen LogP contribution in [-0.4, -0.2) is 60.5 Å². The molecule has 2 aliphatic rings. The van der Waals surface area contributed by atoms with E-state index in [9.17, 15) is 14.7 Å². The van der Waals surface area contributed by atoms with Crippen LogP contribution in [0.25, 0.3) is 0 Å². The number of aromatic nitrogens is 1. The lowest BCUT2D eigenvalue weighted by Gasteiger charge is -2.33. The van der Waals surface area contributed by atoms with Gasteiger partial charge in [-0.15, -0.1) is 0 Å². The number of hydrogen-bond donors (Lipinski definition) is 1. The lowest BCUT2D eigenvalue weighted by molar-refractivity contribution is -0.157. The van der Waals surface area contributed by atoms with Crippen LogP contribution >= 0.6 is 0 Å². The standard InChI is InChI=1S/C13H16N2O6/c1-19-10-4-9(21-14-10)11(16)15-5-8-6-20-3-2-13(8,7-15)12(17)18/h4,8H,2-3,5-7H2,1H3,(H,17,18)/t8-,13+/m0/s1. The number of carbonyl (C=O) groups is 2. The number of methoxy groups -OCH3 is 1. The second kappa shape index (κ2) is 5.03. The molecule has 0 aromatic carbocycles. The van der Waals surface area contributed by atoms with Crippen LogP contribution in [-0.2, 0) is 9.53 Å². The summed E-state index contributed by atoms with van der Waals surface area (Å²) in [5, 5.41) is 13.1. The van der Waals surface area contributed by atoms with Crippen LogP contribution in [0.15, 0.2) is 10.6 Å². The van der Waals surface area contributed by atoms with E-state index in [1.54, 1.807) is 0 Å². The van der Waals surface area contributed by atoms with E-state index in [1.807, 2.05) is 0 Å². The third-order valence-corrected chi connectivity index (χ3v) is 4.33. The summed E-state index contributed by atoms with van der Waals surface area (Å²) < 4.78 is 15.2. The van der Waals surface area contributed by atoms with Gasteiger partial charge in [0.05, 0.1) is 25.2 Å². The molecular formula is C13H16N2O6. The number of rotatable bonds is 3. The monoisotopic (exact) mass is 296 g/mol. The highest BCUT2D eigenvalue weighted by Crippen LogP contribution is 2.42. The van der Waals surface area contributed by atoms with Crippen LogP contribution in [0.5, 0.6) is 5.88 Å². The largest absolute Gasteiger partial charge is 0.481 e. The molecule has 2 saturated heterocycles. The van der Waals surface area contributed by atoms with Gasteiger partial charge in [0, 0.05) is 25.6 Å². The van der Waals surface area contributed by atoms with Gasteiger partial charge in [0.1, 0.15) is 0 Å². The number of hydrogen-bond acceptors (Lipinski definition) is 6. The van der Waals surface area contributed by atoms with E-state index >= 15 is 0 Å². The molecule has 8 heteroatoms. The molecule has 0 saturated carbocycles. The number of amides is 1. The lowest BCUT2D eigenvalue weighted by Crippen LogP contribution is -2.45. The molecule has 2 aliphatic heterocycles. The smallest absolute Gasteiger partial charge is 0.311 e. The molecule has 114 valence electrons. The summed E-state index contributed by atoms with van der Waals surface area (Å²) in [6.07, 6.45) is 0.413. The van der Waals surface area contributed by atoms with Gasteiger partial charge in [-0.05, 0) is 11.6 Å². The fourth-order valence-electron chi connectivity index (χ4n) is 3.07. The summed E-state index contributed by atoms with van der Waals surface area (Å²) >= 11 is 0. The third-order valence-electron chi connectivity index (χ3n) is 4.33. The van der Waals surface area contributed by atoms with Gasteiger partial charge in [-0.3, -0.25) is 9.59 Å². The molecule has 1 N–H and O–H groups in total. The van der Waals surface area contributed by atoms with Gasteiger partial charge in [-0.2, -0.15) is 0 Å². The summed E-state index contributed by atoms with van der Waals surface area (Å²) in [4.78, 5) is 25.5. The first-order valence-corrected chi connectivity index (χ1v) is 6.68. The topological polar surface area (TPSA) is 102 Å². The van der Waals surface area contributed by atoms with Crippen molar-refractivity contribution >= 4 is 11.9 Å². The fraction of sp³-hybridized carbons (Fsp3) is 0.615. The minimum absolute atomic E-state index is 0.0481. The van der Waals surface area contributed by atoms with Crippen molar-refractivity contribution in [3.63, 3.8) is 0 Å². The van der Waals surface area contributed by atoms with Gasteiger partial charge in [0.25, 0.3) is 11.8 Å². The molecule has 2 fully saturated rings. The first-order valence-electron chi connectivity index (χ1n) is 6.68. The molecule has 0 unspecified atom stereocenters. The maximum absolute atomic E-state index is 12.4. The Morgan fingerprint density at radius 3 is 3.00 bits per heavy atom. The van der Waals surface area contributed by atoms with Crippen molar-refractivity contribution in [1.82, 2.24) is 10.1 Å². The molecule has 3 rings (SSSR count). The van der Waals surface area contributed by atoms with E-state index in [0.717, 1.165) is 0 Å². The van der Waals surface area contributed by atoms with Crippen molar-refractivity contribution in [2.75, 3.05) is 33.4 Å². The third kappa shape index (κ3) is 2.15. The molecule has 3 heterocycles. The van der Waals surface area contributed by atoms with Gasteiger partial charge in [-0.25, -0.2) is 0 Å². The van der Waals surface area contributed by atoms with Crippen molar-refractivity contribution in [2.45, 2.75) is 6.42 Å². The molecule has 8 nitrogen and oxygen atoms in total. The van der Waals surface area contributed by atoms with E-state index in [1.165, 1.54) is 18.1 Å². The number of carboxylic acid groups (broad SMARTS) is 1. The van der Waals surface area contributed by atoms with Crippen molar-refractivity contribution in [3.05, 3.63) is 11.8 Å². The van der Waals surface area contributed by atoms with Gasteiger partial charge < -0.3 is 24.0 Å². The molecular weight excluding hydrogens is 280 g/mol. The predicted molar refractivity (Wildman–Crippen MR) is 68.0 cm³/mol. The van der Waals surface area contributed by atoms with Gasteiger partial charge in [0.15, 0.2) is 0 Å². The van der Waals surface area contributed by atoms with Crippen LogP contribution in [0, 0.1) is 11.3 Å². The van der Waals surface area contributed by atoms with Gasteiger partial charge in [-0.1, -0.05) is 0 Å². The van der Waals surface area contributed by atoms with Crippen molar-refractivity contribution in [1.29, 1.82) is 0 Å². The summed E-state index contributed by atoms with van der Waals surface area (Å²) in [5.74, 6) is -1.18. The molecule has 1 aromatic rings. The Bertz CT molecular complexity index is 571. The van der Waals surface area contributed by atoms with Gasteiger partial charge in [0.2, 0.25) is 5.76 Å². The number of ether oxygens (including phenoxy) is 2. The van der Waals surface area contributed by atoms with E-state index in [2.05, 4.69) is 5.16 Å². The predicted octanol–water partition coefficient (Wildman–Crippen LogP) is 0.246. The Morgan fingerprint density at radius 2 is 2.38 bits per heavy atom. The van der Waals surface area contributed by atoms with Crippen molar-refractivity contribution in [2.24, 2.45) is 11.3 Å². The number of carbonyl (C=O) groups excluding carboxylic acids is 1. The zero-order valence-corrected chi connectivity index (χ0v) is 11.6. The molecule has 21 heavy (non-hydrogen) atoms. The minimum atomic E-state index is -0.919. The van der Waals surface area contributed by atoms with E-state index in [-0.39, 0.29) is 30.0 Å². The second-order valence-electron chi connectivity index (χ2n) is 5.40. The van der Waals surface area contributed by atoms with Crippen LogP contribution in [0.3, 0.4) is 0 Å². The zero-order valence-electron chi connectivity index (χ0n) is 11.6. The Labute approximate surface area is 120 Å². The second-order valence-corrected chi connectivity index (χ2v) is 5.40. The van der Waals surface area contributed by atoms with E-state index < -0.39 is 11.4 Å². The molecule has 1 amide bonds. The number of fused-ring (bicyclic) bond motifs is 1. The first-order chi connectivity index (χ1) is 10.1. The molecule has 1 aromatic heterocycles. The fourth-order valence-corrected chi connectivity index (χ4v) is 3.07. The Morgan fingerprint density at radius 1 is 1.57 bits per heavy atom. The Hall–Kier alpha value is -2.09. The Kier molecular flexibility index (Phi) is 3.32. The van der Waals surface area contributed by atoms with Gasteiger partial charge >= 0.3 is 5.97 Å². The average molecular weight is 296 g/mol. The van der Waals surface area contributed by atoms with Crippen molar-refractivity contribution < 1.29 is 28.7 Å². The van der Waals surface area contributed by atoms with E-state index in [4.69, 9.17) is 14.0 Å². The summed E-state index contributed by atoms with van der Waals surface area (Å²) in [6.45, 7) is 1.27. The SMILES string of the molecule is COc1cc(C(=O)N2C[C@H]3COCC[C@@]3(C(=O)O)C2)on1. The number of carboxylic acids is 1. The van der Waals surface area contributed by atoms with Crippen LogP contribution < -0.4 is 4.74 Å². The number of nitrogens with zero attached hydrogens (tertiary/aromatic N) is 2. The Balaban J connectivity index is 1.81. The minimum Gasteiger partial charge on any atom is -0.481 e. The zero-order chi connectivity index (χ0) is 15.0. The number of aliphatic carboxylic acids is 1. The highest BCUT2D eigenvalue weighted by atomic mass is 16.5. The quantitative estimate of drug-likeness (QED) is 0.852. The van der Waals surface area contributed by atoms with Crippen molar-refractivity contribution in [3.8, 4) is 5.88 Å². The van der Waals surface area contributed by atoms with Crippen LogP contribution in [0.4, 0.5) is 0 Å². The van der Waals surface area contributed by atoms with E-state index in [0.29, 0.717) is 26.2 Å². The highest BCUT2D eigenvalue weighted by Gasteiger charge is 2.55.